The SMILES string of the molecule is Cc1ccc(-c2nc3sccn3c2CCN)c(C)c1. The van der Waals surface area contributed by atoms with Crippen LogP contribution in [0.4, 0.5) is 0 Å². The molecular formula is C15H17N3S. The van der Waals surface area contributed by atoms with Crippen molar-refractivity contribution >= 4 is 16.3 Å². The standard InChI is InChI=1S/C15H17N3S/c1-10-3-4-12(11(2)9-10)14-13(5-6-16)18-7-8-19-15(18)17-14/h3-4,7-9H,5-6,16H2,1-2H3. The minimum atomic E-state index is 0.640. The zero-order valence-corrected chi connectivity index (χ0v) is 12.0. The maximum absolute atomic E-state index is 5.75. The van der Waals surface area contributed by atoms with Crippen molar-refractivity contribution in [2.24, 2.45) is 5.73 Å². The zero-order valence-electron chi connectivity index (χ0n) is 11.2. The quantitative estimate of drug-likeness (QED) is 0.795. The molecule has 98 valence electrons. The second-order valence-corrected chi connectivity index (χ2v) is 5.69. The summed E-state index contributed by atoms with van der Waals surface area (Å²) in [6, 6.07) is 6.51. The van der Waals surface area contributed by atoms with Crippen molar-refractivity contribution in [2.45, 2.75) is 20.3 Å². The molecule has 0 aliphatic carbocycles. The minimum absolute atomic E-state index is 0.640. The average Bonchev–Trinajstić information content (AvgIpc) is 2.93. The fraction of sp³-hybridized carbons (Fsp3) is 0.267. The van der Waals surface area contributed by atoms with Gasteiger partial charge in [-0.05, 0) is 26.0 Å². The molecule has 4 heteroatoms. The molecule has 0 aliphatic rings. The second kappa shape index (κ2) is 4.79. The molecule has 3 nitrogen and oxygen atoms in total. The van der Waals surface area contributed by atoms with Gasteiger partial charge in [-0.1, -0.05) is 23.8 Å². The maximum Gasteiger partial charge on any atom is 0.194 e. The summed E-state index contributed by atoms with van der Waals surface area (Å²) in [7, 11) is 0. The Kier molecular flexibility index (Phi) is 3.12. The van der Waals surface area contributed by atoms with Crippen molar-refractivity contribution < 1.29 is 0 Å². The van der Waals surface area contributed by atoms with Gasteiger partial charge in [-0.25, -0.2) is 4.98 Å². The first-order valence-corrected chi connectivity index (χ1v) is 7.31. The lowest BCUT2D eigenvalue weighted by molar-refractivity contribution is 0.911. The van der Waals surface area contributed by atoms with Crippen molar-refractivity contribution in [1.82, 2.24) is 9.38 Å². The Bertz CT molecular complexity index is 724. The molecule has 3 rings (SSSR count). The summed E-state index contributed by atoms with van der Waals surface area (Å²) in [5.41, 5.74) is 11.8. The van der Waals surface area contributed by atoms with Crippen LogP contribution in [0.1, 0.15) is 16.8 Å². The van der Waals surface area contributed by atoms with Crippen molar-refractivity contribution in [3.63, 3.8) is 0 Å². The van der Waals surface area contributed by atoms with E-state index in [2.05, 4.69) is 48.0 Å². The van der Waals surface area contributed by atoms with Crippen LogP contribution in [-0.2, 0) is 6.42 Å². The van der Waals surface area contributed by atoms with Gasteiger partial charge in [0.2, 0.25) is 0 Å². The summed E-state index contributed by atoms with van der Waals surface area (Å²) >= 11 is 1.66. The normalized spacial score (nSPS) is 11.3. The van der Waals surface area contributed by atoms with Gasteiger partial charge in [-0.15, -0.1) is 11.3 Å². The van der Waals surface area contributed by atoms with Gasteiger partial charge >= 0.3 is 0 Å². The van der Waals surface area contributed by atoms with Crippen LogP contribution in [0, 0.1) is 13.8 Å². The van der Waals surface area contributed by atoms with E-state index in [-0.39, 0.29) is 0 Å². The Morgan fingerprint density at radius 1 is 1.32 bits per heavy atom. The molecule has 0 radical (unpaired) electrons. The summed E-state index contributed by atoms with van der Waals surface area (Å²) in [6.07, 6.45) is 2.92. The number of thiazole rings is 1. The molecule has 19 heavy (non-hydrogen) atoms. The number of nitrogens with two attached hydrogens (primary N) is 1. The number of fused-ring (bicyclic) bond motifs is 1. The van der Waals surface area contributed by atoms with Crippen LogP contribution in [-0.4, -0.2) is 15.9 Å². The second-order valence-electron chi connectivity index (χ2n) is 4.82. The molecule has 0 aliphatic heterocycles. The van der Waals surface area contributed by atoms with Gasteiger partial charge in [-0.3, -0.25) is 4.40 Å². The van der Waals surface area contributed by atoms with E-state index < -0.39 is 0 Å². The largest absolute Gasteiger partial charge is 0.330 e. The van der Waals surface area contributed by atoms with E-state index in [1.54, 1.807) is 11.3 Å². The molecule has 0 atom stereocenters. The van der Waals surface area contributed by atoms with Crippen LogP contribution in [0.15, 0.2) is 29.8 Å². The number of nitrogens with zero attached hydrogens (tertiary/aromatic N) is 2. The highest BCUT2D eigenvalue weighted by molar-refractivity contribution is 7.15. The minimum Gasteiger partial charge on any atom is -0.330 e. The van der Waals surface area contributed by atoms with E-state index in [4.69, 9.17) is 10.7 Å². The van der Waals surface area contributed by atoms with Gasteiger partial charge in [0.05, 0.1) is 11.4 Å². The first kappa shape index (κ1) is 12.4. The van der Waals surface area contributed by atoms with Crippen molar-refractivity contribution in [1.29, 1.82) is 0 Å². The zero-order chi connectivity index (χ0) is 13.4. The van der Waals surface area contributed by atoms with E-state index in [9.17, 15) is 0 Å². The molecule has 2 heterocycles. The van der Waals surface area contributed by atoms with Crippen LogP contribution in [0.25, 0.3) is 16.2 Å². The summed E-state index contributed by atoms with van der Waals surface area (Å²) in [5, 5.41) is 2.06. The summed E-state index contributed by atoms with van der Waals surface area (Å²) in [4.78, 5) is 5.82. The number of benzene rings is 1. The number of hydrogen-bond acceptors (Lipinski definition) is 3. The molecular weight excluding hydrogens is 254 g/mol. The summed E-state index contributed by atoms with van der Waals surface area (Å²) in [6.45, 7) is 4.90. The first-order chi connectivity index (χ1) is 9.20. The lowest BCUT2D eigenvalue weighted by atomic mass is 10.0. The van der Waals surface area contributed by atoms with Crippen LogP contribution in [0.2, 0.25) is 0 Å². The predicted molar refractivity (Wildman–Crippen MR) is 80.7 cm³/mol. The summed E-state index contributed by atoms with van der Waals surface area (Å²) < 4.78 is 2.16. The molecule has 1 aromatic carbocycles. The van der Waals surface area contributed by atoms with Crippen LogP contribution in [0.5, 0.6) is 0 Å². The Balaban J connectivity index is 2.23. The number of imidazole rings is 1. The third-order valence-corrected chi connectivity index (χ3v) is 4.14. The molecule has 2 aromatic heterocycles. The van der Waals surface area contributed by atoms with Gasteiger partial charge in [0.25, 0.3) is 0 Å². The lowest BCUT2D eigenvalue weighted by Gasteiger charge is -2.07. The molecule has 0 amide bonds. The highest BCUT2D eigenvalue weighted by Crippen LogP contribution is 2.29. The highest BCUT2D eigenvalue weighted by atomic mass is 32.1. The number of rotatable bonds is 3. The van der Waals surface area contributed by atoms with Gasteiger partial charge in [0.15, 0.2) is 4.96 Å². The molecule has 3 aromatic rings. The van der Waals surface area contributed by atoms with Crippen molar-refractivity contribution in [2.75, 3.05) is 6.54 Å². The van der Waals surface area contributed by atoms with Crippen molar-refractivity contribution in [3.05, 3.63) is 46.6 Å². The molecule has 0 fully saturated rings. The Labute approximate surface area is 116 Å². The lowest BCUT2D eigenvalue weighted by Crippen LogP contribution is -2.06. The van der Waals surface area contributed by atoms with E-state index in [0.717, 1.165) is 17.1 Å². The third kappa shape index (κ3) is 2.07. The third-order valence-electron chi connectivity index (χ3n) is 3.38. The number of aryl methyl sites for hydroxylation is 2. The highest BCUT2D eigenvalue weighted by Gasteiger charge is 2.15. The fourth-order valence-corrected chi connectivity index (χ4v) is 3.24. The maximum atomic E-state index is 5.75. The van der Waals surface area contributed by atoms with Crippen LogP contribution < -0.4 is 5.73 Å². The van der Waals surface area contributed by atoms with E-state index in [0.29, 0.717) is 6.54 Å². The molecule has 2 N–H and O–H groups in total. The Hall–Kier alpha value is -1.65. The molecule has 0 saturated carbocycles. The van der Waals surface area contributed by atoms with Gasteiger partial charge < -0.3 is 5.73 Å². The topological polar surface area (TPSA) is 43.3 Å². The smallest absolute Gasteiger partial charge is 0.194 e. The fourth-order valence-electron chi connectivity index (χ4n) is 2.50. The molecule has 0 saturated heterocycles. The van der Waals surface area contributed by atoms with E-state index in [1.165, 1.54) is 22.4 Å². The molecule has 0 bridgehead atoms. The molecule has 0 unspecified atom stereocenters. The number of aromatic nitrogens is 2. The monoisotopic (exact) mass is 271 g/mol. The van der Waals surface area contributed by atoms with Gasteiger partial charge in [-0.2, -0.15) is 0 Å². The van der Waals surface area contributed by atoms with Crippen LogP contribution in [0.3, 0.4) is 0 Å². The predicted octanol–water partition coefficient (Wildman–Crippen LogP) is 3.18. The first-order valence-electron chi connectivity index (χ1n) is 6.43. The molecule has 0 spiro atoms. The summed E-state index contributed by atoms with van der Waals surface area (Å²) in [5.74, 6) is 0. The Morgan fingerprint density at radius 3 is 2.89 bits per heavy atom. The van der Waals surface area contributed by atoms with Gasteiger partial charge in [0, 0.05) is 23.6 Å². The average molecular weight is 271 g/mol. The number of hydrogen-bond donors (Lipinski definition) is 1. The van der Waals surface area contributed by atoms with E-state index in [1.807, 2.05) is 0 Å². The van der Waals surface area contributed by atoms with E-state index >= 15 is 0 Å². The Morgan fingerprint density at radius 2 is 2.16 bits per heavy atom. The van der Waals surface area contributed by atoms with Gasteiger partial charge in [0.1, 0.15) is 0 Å². The van der Waals surface area contributed by atoms with Crippen LogP contribution >= 0.6 is 11.3 Å². The van der Waals surface area contributed by atoms with Crippen molar-refractivity contribution in [3.8, 4) is 11.3 Å².